The Labute approximate surface area is 143 Å². The summed E-state index contributed by atoms with van der Waals surface area (Å²) >= 11 is 0. The van der Waals surface area contributed by atoms with E-state index in [1.54, 1.807) is 33.3 Å². The lowest BCUT2D eigenvalue weighted by atomic mass is 10.00. The minimum absolute atomic E-state index is 0.0511. The van der Waals surface area contributed by atoms with Crippen LogP contribution in [0.25, 0.3) is 32.6 Å². The van der Waals surface area contributed by atoms with Crippen molar-refractivity contribution in [3.05, 3.63) is 46.2 Å². The van der Waals surface area contributed by atoms with Gasteiger partial charge in [0.15, 0.2) is 16.9 Å². The number of aromatic amines is 1. The largest absolute Gasteiger partial charge is 0.493 e. The molecule has 4 aromatic rings. The highest BCUT2D eigenvalue weighted by molar-refractivity contribution is 6.21. The van der Waals surface area contributed by atoms with E-state index in [0.29, 0.717) is 28.4 Å². The Kier molecular flexibility index (Phi) is 3.28. The van der Waals surface area contributed by atoms with Crippen molar-refractivity contribution in [2.24, 2.45) is 0 Å². The summed E-state index contributed by atoms with van der Waals surface area (Å²) in [7, 11) is 3.20. The molecule has 0 bridgehead atoms. The van der Waals surface area contributed by atoms with Crippen molar-refractivity contribution in [1.29, 1.82) is 0 Å². The zero-order valence-corrected chi connectivity index (χ0v) is 14.1. The molecule has 6 heteroatoms. The Morgan fingerprint density at radius 2 is 1.76 bits per heavy atom. The van der Waals surface area contributed by atoms with Crippen LogP contribution in [0.4, 0.5) is 5.82 Å². The second-order valence-corrected chi connectivity index (χ2v) is 5.91. The number of methoxy groups -OCH3 is 2. The molecule has 2 aromatic carbocycles. The van der Waals surface area contributed by atoms with Gasteiger partial charge < -0.3 is 20.2 Å². The number of H-pyrrole nitrogens is 1. The number of hydrogen-bond donors (Lipinski definition) is 2. The van der Waals surface area contributed by atoms with E-state index in [4.69, 9.17) is 15.2 Å². The van der Waals surface area contributed by atoms with E-state index in [2.05, 4.69) is 9.97 Å². The second-order valence-electron chi connectivity index (χ2n) is 5.91. The minimum atomic E-state index is -0.0511. The van der Waals surface area contributed by atoms with Gasteiger partial charge in [-0.05, 0) is 25.1 Å². The van der Waals surface area contributed by atoms with Gasteiger partial charge in [0.1, 0.15) is 5.82 Å². The van der Waals surface area contributed by atoms with E-state index in [-0.39, 0.29) is 5.43 Å². The van der Waals surface area contributed by atoms with E-state index >= 15 is 0 Å². The molecule has 0 atom stereocenters. The maximum Gasteiger partial charge on any atom is 0.183 e. The average Bonchev–Trinajstić information content (AvgIpc) is 2.63. The van der Waals surface area contributed by atoms with Gasteiger partial charge in [0, 0.05) is 44.9 Å². The highest BCUT2D eigenvalue weighted by atomic mass is 16.5. The van der Waals surface area contributed by atoms with Crippen LogP contribution in [0, 0.1) is 6.92 Å². The molecule has 0 spiro atoms. The van der Waals surface area contributed by atoms with Crippen LogP contribution < -0.4 is 20.6 Å². The van der Waals surface area contributed by atoms with Crippen LogP contribution in [0.5, 0.6) is 11.5 Å². The summed E-state index contributed by atoms with van der Waals surface area (Å²) in [6.45, 7) is 1.77. The van der Waals surface area contributed by atoms with Crippen LogP contribution in [0.3, 0.4) is 0 Å². The van der Waals surface area contributed by atoms with E-state index in [1.165, 1.54) is 0 Å². The number of anilines is 1. The van der Waals surface area contributed by atoms with Crippen LogP contribution in [-0.4, -0.2) is 24.2 Å². The molecule has 0 amide bonds. The molecule has 0 saturated carbocycles. The maximum atomic E-state index is 12.0. The smallest absolute Gasteiger partial charge is 0.183 e. The first-order valence-corrected chi connectivity index (χ1v) is 7.81. The summed E-state index contributed by atoms with van der Waals surface area (Å²) in [5.41, 5.74) is 8.21. The first kappa shape index (κ1) is 15.3. The van der Waals surface area contributed by atoms with Crippen molar-refractivity contribution in [3.63, 3.8) is 0 Å². The van der Waals surface area contributed by atoms with Gasteiger partial charge in [-0.3, -0.25) is 4.79 Å². The Morgan fingerprint density at radius 3 is 2.48 bits per heavy atom. The third kappa shape index (κ3) is 2.11. The summed E-state index contributed by atoms with van der Waals surface area (Å²) in [6.07, 6.45) is 1.83. The standard InChI is InChI=1S/C19H17N3O3/c1-9-14(23)5-4-10-17-11-6-15(24-2)16(25-3)7-13(11)21-8-12(17)19(20)22-18(9)10/h4-8,21H,1-3H3,(H2,20,22). The van der Waals surface area contributed by atoms with Crippen LogP contribution in [0.15, 0.2) is 35.3 Å². The summed E-state index contributed by atoms with van der Waals surface area (Å²) in [6, 6.07) is 7.16. The number of benzene rings is 2. The lowest BCUT2D eigenvalue weighted by molar-refractivity contribution is 0.356. The number of nitrogens with two attached hydrogens (primary N) is 1. The highest BCUT2D eigenvalue weighted by Crippen LogP contribution is 2.38. The molecule has 4 rings (SSSR count). The fraction of sp³-hybridized carbons (Fsp3) is 0.158. The molecule has 2 aromatic heterocycles. The van der Waals surface area contributed by atoms with Crippen molar-refractivity contribution >= 4 is 38.4 Å². The molecule has 126 valence electrons. The number of nitrogens with zero attached hydrogens (tertiary/aromatic N) is 1. The fourth-order valence-corrected chi connectivity index (χ4v) is 3.27. The first-order chi connectivity index (χ1) is 12.0. The number of aryl methyl sites for hydroxylation is 1. The summed E-state index contributed by atoms with van der Waals surface area (Å²) in [4.78, 5) is 19.7. The quantitative estimate of drug-likeness (QED) is 0.549. The third-order valence-corrected chi connectivity index (χ3v) is 4.59. The van der Waals surface area contributed by atoms with Gasteiger partial charge in [-0.15, -0.1) is 0 Å². The second kappa shape index (κ2) is 5.37. The van der Waals surface area contributed by atoms with Crippen molar-refractivity contribution in [1.82, 2.24) is 9.97 Å². The van der Waals surface area contributed by atoms with Crippen molar-refractivity contribution in [2.75, 3.05) is 20.0 Å². The van der Waals surface area contributed by atoms with E-state index in [0.717, 1.165) is 27.1 Å². The summed E-state index contributed by atoms with van der Waals surface area (Å²) < 4.78 is 10.8. The molecule has 0 fully saturated rings. The van der Waals surface area contributed by atoms with Gasteiger partial charge in [-0.2, -0.15) is 0 Å². The lowest BCUT2D eigenvalue weighted by Gasteiger charge is -2.13. The molecular weight excluding hydrogens is 318 g/mol. The Hall–Kier alpha value is -3.28. The summed E-state index contributed by atoms with van der Waals surface area (Å²) in [5.74, 6) is 1.63. The number of rotatable bonds is 2. The zero-order valence-electron chi connectivity index (χ0n) is 14.1. The summed E-state index contributed by atoms with van der Waals surface area (Å²) in [5, 5.41) is 3.53. The van der Waals surface area contributed by atoms with Crippen LogP contribution in [0.1, 0.15) is 5.56 Å². The highest BCUT2D eigenvalue weighted by Gasteiger charge is 2.15. The Balaban J connectivity index is 2.30. The number of pyridine rings is 2. The van der Waals surface area contributed by atoms with Crippen LogP contribution >= 0.6 is 0 Å². The van der Waals surface area contributed by atoms with Gasteiger partial charge in [-0.1, -0.05) is 0 Å². The predicted molar refractivity (Wildman–Crippen MR) is 99.6 cm³/mol. The van der Waals surface area contributed by atoms with Gasteiger partial charge >= 0.3 is 0 Å². The van der Waals surface area contributed by atoms with Crippen LogP contribution in [0.2, 0.25) is 0 Å². The molecule has 2 heterocycles. The lowest BCUT2D eigenvalue weighted by Crippen LogP contribution is -2.05. The normalized spacial score (nSPS) is 11.3. The SMILES string of the molecule is COc1cc2[nH]cc3c(N)nc4c(C)c(=O)ccc4c3c2cc1OC. The number of nitrogen functional groups attached to an aromatic ring is 1. The van der Waals surface area contributed by atoms with Crippen LogP contribution in [-0.2, 0) is 0 Å². The number of aromatic nitrogens is 2. The number of fused-ring (bicyclic) bond motifs is 5. The molecule has 0 radical (unpaired) electrons. The van der Waals surface area contributed by atoms with E-state index in [1.807, 2.05) is 18.3 Å². The number of nitrogens with one attached hydrogen (secondary N) is 1. The predicted octanol–water partition coefficient (Wildman–Crippen LogP) is 3.14. The molecule has 0 aliphatic heterocycles. The maximum absolute atomic E-state index is 12.0. The zero-order chi connectivity index (χ0) is 17.7. The van der Waals surface area contributed by atoms with Gasteiger partial charge in [0.05, 0.1) is 19.7 Å². The molecule has 0 aliphatic rings. The molecular formula is C19H17N3O3. The van der Waals surface area contributed by atoms with Crippen molar-refractivity contribution in [2.45, 2.75) is 6.92 Å². The minimum Gasteiger partial charge on any atom is -0.493 e. The average molecular weight is 335 g/mol. The van der Waals surface area contributed by atoms with Gasteiger partial charge in [-0.25, -0.2) is 4.98 Å². The van der Waals surface area contributed by atoms with Crippen molar-refractivity contribution < 1.29 is 9.47 Å². The van der Waals surface area contributed by atoms with Gasteiger partial charge in [0.2, 0.25) is 0 Å². The molecule has 3 N–H and O–H groups in total. The third-order valence-electron chi connectivity index (χ3n) is 4.59. The topological polar surface area (TPSA) is 90.2 Å². The Bertz CT molecular complexity index is 1210. The molecule has 0 saturated heterocycles. The van der Waals surface area contributed by atoms with Crippen molar-refractivity contribution in [3.8, 4) is 11.5 Å². The van der Waals surface area contributed by atoms with Gasteiger partial charge in [0.25, 0.3) is 0 Å². The molecule has 0 unspecified atom stereocenters. The molecule has 6 nitrogen and oxygen atoms in total. The molecule has 25 heavy (non-hydrogen) atoms. The van der Waals surface area contributed by atoms with E-state index in [9.17, 15) is 4.79 Å². The Morgan fingerprint density at radius 1 is 1.04 bits per heavy atom. The fourth-order valence-electron chi connectivity index (χ4n) is 3.27. The van der Waals surface area contributed by atoms with E-state index < -0.39 is 0 Å². The number of hydrogen-bond acceptors (Lipinski definition) is 5. The number of ether oxygens (including phenoxy) is 2. The molecule has 0 aliphatic carbocycles. The first-order valence-electron chi connectivity index (χ1n) is 7.81. The monoisotopic (exact) mass is 335 g/mol.